The SMILES string of the molecule is CC1(O)C(O)C(CO)OC1N1C=NC=CN1. The Hall–Kier alpha value is -1.15. The lowest BCUT2D eigenvalue weighted by Gasteiger charge is -2.34. The van der Waals surface area contributed by atoms with Crippen molar-refractivity contribution in [2.45, 2.75) is 31.0 Å². The second kappa shape index (κ2) is 4.02. The molecule has 16 heavy (non-hydrogen) atoms. The largest absolute Gasteiger partial charge is 0.394 e. The third-order valence-electron chi connectivity index (χ3n) is 2.76. The average molecular weight is 229 g/mol. The molecule has 4 unspecified atom stereocenters. The minimum Gasteiger partial charge on any atom is -0.394 e. The van der Waals surface area contributed by atoms with Crippen LogP contribution in [0.5, 0.6) is 0 Å². The molecular weight excluding hydrogens is 214 g/mol. The molecule has 0 amide bonds. The van der Waals surface area contributed by atoms with Crippen LogP contribution in [0.15, 0.2) is 17.4 Å². The zero-order valence-electron chi connectivity index (χ0n) is 8.82. The fourth-order valence-electron chi connectivity index (χ4n) is 1.82. The van der Waals surface area contributed by atoms with Gasteiger partial charge >= 0.3 is 0 Å². The number of rotatable bonds is 2. The number of aliphatic hydroxyl groups is 3. The molecule has 7 nitrogen and oxygen atoms in total. The van der Waals surface area contributed by atoms with Crippen molar-refractivity contribution in [2.24, 2.45) is 4.99 Å². The van der Waals surface area contributed by atoms with Crippen LogP contribution >= 0.6 is 0 Å². The Labute approximate surface area is 92.6 Å². The number of aliphatic hydroxyl groups excluding tert-OH is 2. The van der Waals surface area contributed by atoms with Crippen LogP contribution in [0.1, 0.15) is 6.92 Å². The Morgan fingerprint density at radius 2 is 2.38 bits per heavy atom. The maximum Gasteiger partial charge on any atom is 0.181 e. The topological polar surface area (TPSA) is 97.5 Å². The number of nitrogens with zero attached hydrogens (tertiary/aromatic N) is 2. The fraction of sp³-hybridized carbons (Fsp3) is 0.667. The summed E-state index contributed by atoms with van der Waals surface area (Å²) in [7, 11) is 0. The van der Waals surface area contributed by atoms with Crippen molar-refractivity contribution < 1.29 is 20.1 Å². The molecular formula is C9H15N3O4. The van der Waals surface area contributed by atoms with Gasteiger partial charge in [-0.25, -0.2) is 10.0 Å². The number of ether oxygens (including phenoxy) is 1. The molecule has 4 atom stereocenters. The van der Waals surface area contributed by atoms with Crippen molar-refractivity contribution in [1.82, 2.24) is 10.4 Å². The van der Waals surface area contributed by atoms with E-state index < -0.39 is 24.0 Å². The van der Waals surface area contributed by atoms with Gasteiger partial charge < -0.3 is 25.5 Å². The normalized spacial score (nSPS) is 42.5. The number of aliphatic imine (C=N–C) groups is 1. The van der Waals surface area contributed by atoms with Gasteiger partial charge in [-0.2, -0.15) is 0 Å². The summed E-state index contributed by atoms with van der Waals surface area (Å²) in [6, 6.07) is 0. The average Bonchev–Trinajstić information content (AvgIpc) is 2.52. The van der Waals surface area contributed by atoms with Gasteiger partial charge in [0.2, 0.25) is 0 Å². The first kappa shape index (κ1) is 11.3. The van der Waals surface area contributed by atoms with Gasteiger partial charge in [-0.3, -0.25) is 0 Å². The van der Waals surface area contributed by atoms with Crippen molar-refractivity contribution >= 4 is 6.34 Å². The van der Waals surface area contributed by atoms with Crippen LogP contribution < -0.4 is 5.43 Å². The number of nitrogens with one attached hydrogen (secondary N) is 1. The maximum atomic E-state index is 10.1. The fourth-order valence-corrected chi connectivity index (χ4v) is 1.82. The molecule has 4 N–H and O–H groups in total. The molecule has 2 aliphatic rings. The number of hydrogen-bond donors (Lipinski definition) is 4. The van der Waals surface area contributed by atoms with Crippen LogP contribution in [-0.4, -0.2) is 57.3 Å². The summed E-state index contributed by atoms with van der Waals surface area (Å²) in [5.74, 6) is 0. The molecule has 0 aromatic heterocycles. The lowest BCUT2D eigenvalue weighted by Crippen LogP contribution is -2.56. The standard InChI is InChI=1S/C9H15N3O4/c1-9(15)7(14)6(4-13)16-8(9)12-5-10-2-3-11-12/h2-3,5-8,11,13-15H,4H2,1H3. The summed E-state index contributed by atoms with van der Waals surface area (Å²) in [5.41, 5.74) is 1.32. The predicted octanol–water partition coefficient (Wildman–Crippen LogP) is -1.86. The van der Waals surface area contributed by atoms with Gasteiger partial charge in [0.25, 0.3) is 0 Å². The van der Waals surface area contributed by atoms with E-state index in [0.29, 0.717) is 0 Å². The quantitative estimate of drug-likeness (QED) is 0.443. The molecule has 1 fully saturated rings. The van der Waals surface area contributed by atoms with Crippen LogP contribution in [0.25, 0.3) is 0 Å². The minimum atomic E-state index is -1.49. The van der Waals surface area contributed by atoms with Gasteiger partial charge in [-0.05, 0) is 6.92 Å². The van der Waals surface area contributed by atoms with E-state index in [9.17, 15) is 10.2 Å². The first-order chi connectivity index (χ1) is 7.57. The summed E-state index contributed by atoms with van der Waals surface area (Å²) in [6.07, 6.45) is 1.78. The number of hydrogen-bond acceptors (Lipinski definition) is 7. The second-order valence-corrected chi connectivity index (χ2v) is 4.00. The van der Waals surface area contributed by atoms with E-state index >= 15 is 0 Å². The smallest absolute Gasteiger partial charge is 0.181 e. The Bertz CT molecular complexity index is 318. The maximum absolute atomic E-state index is 10.1. The van der Waals surface area contributed by atoms with Gasteiger partial charge in [-0.1, -0.05) is 0 Å². The van der Waals surface area contributed by atoms with Crippen LogP contribution in [0.2, 0.25) is 0 Å². The van der Waals surface area contributed by atoms with E-state index in [0.717, 1.165) is 0 Å². The van der Waals surface area contributed by atoms with Gasteiger partial charge in [0.05, 0.1) is 6.61 Å². The highest BCUT2D eigenvalue weighted by Crippen LogP contribution is 2.32. The monoisotopic (exact) mass is 229 g/mol. The van der Waals surface area contributed by atoms with E-state index in [1.165, 1.54) is 18.3 Å². The van der Waals surface area contributed by atoms with Crippen molar-refractivity contribution in [1.29, 1.82) is 0 Å². The highest BCUT2D eigenvalue weighted by atomic mass is 16.6. The van der Waals surface area contributed by atoms with E-state index in [2.05, 4.69) is 10.4 Å². The highest BCUT2D eigenvalue weighted by Gasteiger charge is 2.54. The molecule has 0 bridgehead atoms. The summed E-state index contributed by atoms with van der Waals surface area (Å²) in [6.45, 7) is 1.10. The van der Waals surface area contributed by atoms with E-state index in [1.807, 2.05) is 0 Å². The molecule has 1 saturated heterocycles. The molecule has 0 aromatic rings. The van der Waals surface area contributed by atoms with Gasteiger partial charge in [0, 0.05) is 12.4 Å². The molecule has 0 aromatic carbocycles. The Balaban J connectivity index is 2.16. The summed E-state index contributed by atoms with van der Waals surface area (Å²) >= 11 is 0. The Morgan fingerprint density at radius 1 is 1.62 bits per heavy atom. The molecule has 7 heteroatoms. The van der Waals surface area contributed by atoms with Crippen LogP contribution in [0.3, 0.4) is 0 Å². The van der Waals surface area contributed by atoms with Crippen LogP contribution in [-0.2, 0) is 4.74 Å². The zero-order chi connectivity index (χ0) is 11.8. The summed E-state index contributed by atoms with van der Waals surface area (Å²) in [4.78, 5) is 3.87. The van der Waals surface area contributed by atoms with Gasteiger partial charge in [0.15, 0.2) is 6.23 Å². The number of hydrazine groups is 1. The third-order valence-corrected chi connectivity index (χ3v) is 2.76. The summed E-state index contributed by atoms with van der Waals surface area (Å²) < 4.78 is 5.37. The molecule has 0 spiro atoms. The molecule has 2 heterocycles. The highest BCUT2D eigenvalue weighted by molar-refractivity contribution is 5.57. The molecule has 2 rings (SSSR count). The minimum absolute atomic E-state index is 0.353. The summed E-state index contributed by atoms with van der Waals surface area (Å²) in [5, 5.41) is 30.3. The van der Waals surface area contributed by atoms with Crippen LogP contribution in [0.4, 0.5) is 0 Å². The van der Waals surface area contributed by atoms with Gasteiger partial charge in [0.1, 0.15) is 24.1 Å². The third kappa shape index (κ3) is 1.67. The lowest BCUT2D eigenvalue weighted by atomic mass is 9.96. The molecule has 0 saturated carbocycles. The Kier molecular flexibility index (Phi) is 2.85. The van der Waals surface area contributed by atoms with E-state index in [-0.39, 0.29) is 6.61 Å². The van der Waals surface area contributed by atoms with Crippen molar-refractivity contribution in [3.8, 4) is 0 Å². The first-order valence-corrected chi connectivity index (χ1v) is 4.97. The molecule has 90 valence electrons. The molecule has 0 radical (unpaired) electrons. The predicted molar refractivity (Wildman–Crippen MR) is 55.0 cm³/mol. The second-order valence-electron chi connectivity index (χ2n) is 4.00. The first-order valence-electron chi connectivity index (χ1n) is 4.97. The lowest BCUT2D eigenvalue weighted by molar-refractivity contribution is -0.120. The molecule has 0 aliphatic carbocycles. The Morgan fingerprint density at radius 3 is 2.88 bits per heavy atom. The van der Waals surface area contributed by atoms with Crippen molar-refractivity contribution in [3.05, 3.63) is 12.4 Å². The zero-order valence-corrected chi connectivity index (χ0v) is 8.82. The van der Waals surface area contributed by atoms with Crippen molar-refractivity contribution in [3.63, 3.8) is 0 Å². The van der Waals surface area contributed by atoms with E-state index in [1.54, 1.807) is 12.4 Å². The van der Waals surface area contributed by atoms with Crippen molar-refractivity contribution in [2.75, 3.05) is 6.61 Å². The van der Waals surface area contributed by atoms with Gasteiger partial charge in [-0.15, -0.1) is 0 Å². The van der Waals surface area contributed by atoms with E-state index in [4.69, 9.17) is 9.84 Å². The molecule has 2 aliphatic heterocycles. The van der Waals surface area contributed by atoms with Crippen LogP contribution in [0, 0.1) is 0 Å².